The molecule has 8 heteroatoms. The van der Waals surface area contributed by atoms with Crippen molar-refractivity contribution in [1.82, 2.24) is 9.97 Å². The van der Waals surface area contributed by atoms with Gasteiger partial charge in [-0.3, -0.25) is 14.6 Å². The molecule has 7 nitrogen and oxygen atoms in total. The van der Waals surface area contributed by atoms with Gasteiger partial charge in [-0.05, 0) is 37.6 Å². The van der Waals surface area contributed by atoms with E-state index < -0.39 is 22.9 Å². The summed E-state index contributed by atoms with van der Waals surface area (Å²) in [5, 5.41) is 0. The summed E-state index contributed by atoms with van der Waals surface area (Å²) in [7, 11) is 0. The van der Waals surface area contributed by atoms with Crippen LogP contribution in [0, 0.1) is 4.77 Å². The Bertz CT molecular complexity index is 689. The lowest BCUT2D eigenvalue weighted by Crippen LogP contribution is -2.26. The molecular formula is C14H16N2O5S. The number of esters is 1. The van der Waals surface area contributed by atoms with Crippen LogP contribution in [0.3, 0.4) is 0 Å². The number of H-pyrrole nitrogens is 2. The van der Waals surface area contributed by atoms with Crippen molar-refractivity contribution in [2.75, 3.05) is 6.61 Å². The number of nitrogens with one attached hydrogen (secondary N) is 2. The van der Waals surface area contributed by atoms with Crippen molar-refractivity contribution in [3.63, 3.8) is 0 Å². The molecule has 1 heterocycles. The van der Waals surface area contributed by atoms with E-state index in [2.05, 4.69) is 16.5 Å². The van der Waals surface area contributed by atoms with Crippen LogP contribution in [0.15, 0.2) is 17.4 Å². The largest absolute Gasteiger partial charge is 0.462 e. The number of hydrogen-bond donors (Lipinski definition) is 2. The van der Waals surface area contributed by atoms with Crippen molar-refractivity contribution < 1.29 is 19.1 Å². The second kappa shape index (κ2) is 8.83. The number of rotatable bonds is 9. The SMILES string of the molecule is C=CC(=O)c1[nH]c(=S)[nH]c(=O)c1C(=O)OCCCCCC=O. The predicted octanol–water partition coefficient (Wildman–Crippen LogP) is 1.72. The molecule has 0 aromatic carbocycles. The zero-order valence-corrected chi connectivity index (χ0v) is 12.7. The van der Waals surface area contributed by atoms with Crippen molar-refractivity contribution in [2.24, 2.45) is 0 Å². The molecule has 0 radical (unpaired) electrons. The predicted molar refractivity (Wildman–Crippen MR) is 81.6 cm³/mol. The third kappa shape index (κ3) is 4.88. The highest BCUT2D eigenvalue weighted by Gasteiger charge is 2.21. The first-order valence-electron chi connectivity index (χ1n) is 6.65. The van der Waals surface area contributed by atoms with E-state index in [1.54, 1.807) is 0 Å². The molecule has 0 aliphatic heterocycles. The molecule has 1 rings (SSSR count). The Labute approximate surface area is 131 Å². The first-order valence-corrected chi connectivity index (χ1v) is 7.06. The summed E-state index contributed by atoms with van der Waals surface area (Å²) in [5.74, 6) is -1.54. The van der Waals surface area contributed by atoms with Gasteiger partial charge in [0.15, 0.2) is 10.3 Å². The smallest absolute Gasteiger partial charge is 0.346 e. The van der Waals surface area contributed by atoms with E-state index in [1.165, 1.54) is 0 Å². The maximum atomic E-state index is 12.0. The molecule has 0 fully saturated rings. The Morgan fingerprint density at radius 2 is 1.95 bits per heavy atom. The summed E-state index contributed by atoms with van der Waals surface area (Å²) in [6.45, 7) is 3.40. The van der Waals surface area contributed by atoms with Gasteiger partial charge in [-0.2, -0.15) is 0 Å². The zero-order valence-electron chi connectivity index (χ0n) is 11.8. The molecule has 1 aromatic heterocycles. The zero-order chi connectivity index (χ0) is 16.5. The highest BCUT2D eigenvalue weighted by atomic mass is 32.1. The van der Waals surface area contributed by atoms with Gasteiger partial charge >= 0.3 is 5.97 Å². The maximum Gasteiger partial charge on any atom is 0.346 e. The normalized spacial score (nSPS) is 10.0. The second-order valence-corrected chi connectivity index (χ2v) is 4.79. The molecule has 0 amide bonds. The van der Waals surface area contributed by atoms with Crippen LogP contribution in [-0.2, 0) is 9.53 Å². The lowest BCUT2D eigenvalue weighted by molar-refractivity contribution is -0.107. The Morgan fingerprint density at radius 3 is 2.59 bits per heavy atom. The fraction of sp³-hybridized carbons (Fsp3) is 0.357. The number of hydrogen-bond acceptors (Lipinski definition) is 6. The average molecular weight is 324 g/mol. The number of unbranched alkanes of at least 4 members (excludes halogenated alkanes) is 3. The molecule has 0 aliphatic rings. The van der Waals surface area contributed by atoms with Gasteiger partial charge in [0.2, 0.25) is 5.78 Å². The van der Waals surface area contributed by atoms with Gasteiger partial charge in [-0.25, -0.2) is 4.79 Å². The average Bonchev–Trinajstić information content (AvgIpc) is 2.48. The number of aromatic nitrogens is 2. The van der Waals surface area contributed by atoms with Crippen LogP contribution < -0.4 is 5.56 Å². The third-order valence-electron chi connectivity index (χ3n) is 2.78. The number of ether oxygens (including phenoxy) is 1. The fourth-order valence-electron chi connectivity index (χ4n) is 1.71. The standard InChI is InChI=1S/C14H16N2O5S/c1-2-9(18)11-10(12(19)16-14(22)15-11)13(20)21-8-6-4-3-5-7-17/h2,7H,1,3-6,8H2,(H2,15,16,19,22). The quantitative estimate of drug-likeness (QED) is 0.179. The highest BCUT2D eigenvalue weighted by molar-refractivity contribution is 7.71. The van der Waals surface area contributed by atoms with Crippen molar-refractivity contribution in [3.05, 3.63) is 39.0 Å². The number of carbonyl (C=O) groups is 3. The Kier molecular flexibility index (Phi) is 7.11. The number of aromatic amines is 2. The summed E-state index contributed by atoms with van der Waals surface area (Å²) in [4.78, 5) is 50.3. The van der Waals surface area contributed by atoms with Crippen LogP contribution in [0.1, 0.15) is 46.5 Å². The highest BCUT2D eigenvalue weighted by Crippen LogP contribution is 2.06. The summed E-state index contributed by atoms with van der Waals surface area (Å²) in [6.07, 6.45) is 4.24. The lowest BCUT2D eigenvalue weighted by Gasteiger charge is -2.07. The van der Waals surface area contributed by atoms with E-state index in [4.69, 9.17) is 17.0 Å². The summed E-state index contributed by atoms with van der Waals surface area (Å²) >= 11 is 4.77. The van der Waals surface area contributed by atoms with Crippen molar-refractivity contribution in [1.29, 1.82) is 0 Å². The molecular weight excluding hydrogens is 308 g/mol. The first kappa shape index (κ1) is 17.7. The van der Waals surface area contributed by atoms with Crippen LogP contribution in [0.5, 0.6) is 0 Å². The van der Waals surface area contributed by atoms with Crippen LogP contribution in [0.4, 0.5) is 0 Å². The molecule has 0 spiro atoms. The van der Waals surface area contributed by atoms with Gasteiger partial charge in [0.1, 0.15) is 12.0 Å². The minimum Gasteiger partial charge on any atom is -0.462 e. The van der Waals surface area contributed by atoms with Crippen molar-refractivity contribution in [2.45, 2.75) is 25.7 Å². The molecule has 118 valence electrons. The van der Waals surface area contributed by atoms with Crippen LogP contribution in [0.25, 0.3) is 0 Å². The molecule has 0 saturated heterocycles. The van der Waals surface area contributed by atoms with Gasteiger partial charge in [-0.1, -0.05) is 6.58 Å². The molecule has 2 N–H and O–H groups in total. The van der Waals surface area contributed by atoms with Crippen LogP contribution in [-0.4, -0.2) is 34.6 Å². The van der Waals surface area contributed by atoms with E-state index >= 15 is 0 Å². The second-order valence-electron chi connectivity index (χ2n) is 4.38. The summed E-state index contributed by atoms with van der Waals surface area (Å²) < 4.78 is 4.91. The Hall–Kier alpha value is -2.35. The fourth-order valence-corrected chi connectivity index (χ4v) is 1.91. The maximum absolute atomic E-state index is 12.0. The summed E-state index contributed by atoms with van der Waals surface area (Å²) in [6, 6.07) is 0. The lowest BCUT2D eigenvalue weighted by atomic mass is 10.1. The third-order valence-corrected chi connectivity index (χ3v) is 2.98. The van der Waals surface area contributed by atoms with E-state index in [0.717, 1.165) is 18.8 Å². The van der Waals surface area contributed by atoms with Gasteiger partial charge in [0.25, 0.3) is 5.56 Å². The number of ketones is 1. The van der Waals surface area contributed by atoms with Gasteiger partial charge in [0, 0.05) is 6.42 Å². The minimum atomic E-state index is -0.909. The van der Waals surface area contributed by atoms with E-state index in [-0.39, 0.29) is 17.1 Å². The monoisotopic (exact) mass is 324 g/mol. The van der Waals surface area contributed by atoms with Crippen molar-refractivity contribution >= 4 is 30.3 Å². The topological polar surface area (TPSA) is 109 Å². The molecule has 1 aromatic rings. The first-order chi connectivity index (χ1) is 10.5. The van der Waals surface area contributed by atoms with E-state index in [0.29, 0.717) is 19.3 Å². The van der Waals surface area contributed by atoms with Gasteiger partial charge in [-0.15, -0.1) is 0 Å². The Morgan fingerprint density at radius 1 is 1.23 bits per heavy atom. The summed E-state index contributed by atoms with van der Waals surface area (Å²) in [5.41, 5.74) is -1.46. The molecule has 22 heavy (non-hydrogen) atoms. The molecule has 0 unspecified atom stereocenters. The van der Waals surface area contributed by atoms with Gasteiger partial charge < -0.3 is 14.5 Å². The minimum absolute atomic E-state index is 0.0689. The van der Waals surface area contributed by atoms with E-state index in [9.17, 15) is 19.2 Å². The molecule has 0 atom stereocenters. The molecule has 0 bridgehead atoms. The van der Waals surface area contributed by atoms with Gasteiger partial charge in [0.05, 0.1) is 6.61 Å². The molecule has 0 aliphatic carbocycles. The van der Waals surface area contributed by atoms with Crippen LogP contribution >= 0.6 is 12.2 Å². The van der Waals surface area contributed by atoms with E-state index in [1.807, 2.05) is 0 Å². The van der Waals surface area contributed by atoms with Crippen molar-refractivity contribution in [3.8, 4) is 0 Å². The Balaban J connectivity index is 2.82. The van der Waals surface area contributed by atoms with Crippen LogP contribution in [0.2, 0.25) is 0 Å². The number of carbonyl (C=O) groups excluding carboxylic acids is 3. The number of aldehydes is 1. The number of allylic oxidation sites excluding steroid dienone is 1. The molecule has 0 saturated carbocycles.